The molecule has 0 amide bonds. The minimum Gasteiger partial charge on any atom is -0.455 e. The van der Waals surface area contributed by atoms with Crippen LogP contribution in [0, 0.1) is 0 Å². The molecule has 2 heterocycles. The maximum atomic E-state index is 6.93. The van der Waals surface area contributed by atoms with E-state index in [-0.39, 0.29) is 0 Å². The first-order valence-electron chi connectivity index (χ1n) is 26.9. The van der Waals surface area contributed by atoms with Crippen LogP contribution in [0.25, 0.3) is 175 Å². The van der Waals surface area contributed by atoms with E-state index in [0.717, 1.165) is 65.6 Å². The number of benzene rings is 15. The van der Waals surface area contributed by atoms with E-state index < -0.39 is 0 Å². The number of fused-ring (bicyclic) bond motifs is 15. The lowest BCUT2D eigenvalue weighted by Gasteiger charge is -2.19. The molecule has 0 aliphatic heterocycles. The quantitative estimate of drug-likeness (QED) is 0.161. The summed E-state index contributed by atoms with van der Waals surface area (Å²) in [4.78, 5) is 0. The Morgan fingerprint density at radius 3 is 1.09 bits per heavy atom. The summed E-state index contributed by atoms with van der Waals surface area (Å²) in [6.45, 7) is 0. The van der Waals surface area contributed by atoms with Crippen molar-refractivity contribution in [3.63, 3.8) is 0 Å². The van der Waals surface area contributed by atoms with Crippen LogP contribution >= 0.6 is 0 Å². The van der Waals surface area contributed by atoms with E-state index in [2.05, 4.69) is 267 Å². The van der Waals surface area contributed by atoms with Gasteiger partial charge in [0.2, 0.25) is 0 Å². The van der Waals surface area contributed by atoms with E-state index in [1.807, 2.05) is 0 Å². The molecular formula is C76H44O2. The van der Waals surface area contributed by atoms with Crippen molar-refractivity contribution in [3.8, 4) is 55.6 Å². The monoisotopic (exact) mass is 988 g/mol. The number of hydrogen-bond acceptors (Lipinski definition) is 2. The molecule has 15 aromatic carbocycles. The summed E-state index contributed by atoms with van der Waals surface area (Å²) in [7, 11) is 0. The van der Waals surface area contributed by atoms with E-state index >= 15 is 0 Å². The van der Waals surface area contributed by atoms with E-state index in [0.29, 0.717) is 0 Å². The summed E-state index contributed by atoms with van der Waals surface area (Å²) in [6, 6.07) is 97.8. The highest BCUT2D eigenvalue weighted by atomic mass is 16.3. The number of hydrogen-bond donors (Lipinski definition) is 0. The van der Waals surface area contributed by atoms with Crippen LogP contribution < -0.4 is 0 Å². The molecule has 0 saturated carbocycles. The van der Waals surface area contributed by atoms with Crippen LogP contribution in [-0.2, 0) is 0 Å². The standard InChI is InChI=1S/C76H44O2/c1-2-17-47(18-3-1)71-56-20-6-8-22-58(56)72(59-23-9-7-21-57(59)71)49-37-41-70-68(44-49)65-39-35-46-32-33-48(42-66(46)76(65)78-70)51-28-14-30-54-53(51)29-15-31-55(54)74-62-26-12-10-24-60(62)73(61-25-11-13-27-63(61)74)50-36-40-69-67(43-50)64-38-34-45-16-4-5-19-52(45)75(64)77-69/h1-44H. The van der Waals surface area contributed by atoms with Crippen LogP contribution in [0.3, 0.4) is 0 Å². The van der Waals surface area contributed by atoms with Gasteiger partial charge in [-0.15, -0.1) is 0 Å². The van der Waals surface area contributed by atoms with Crippen molar-refractivity contribution in [1.29, 1.82) is 0 Å². The molecule has 0 atom stereocenters. The van der Waals surface area contributed by atoms with Gasteiger partial charge in [0.15, 0.2) is 0 Å². The maximum absolute atomic E-state index is 6.93. The number of furan rings is 2. The molecule has 2 nitrogen and oxygen atoms in total. The Bertz CT molecular complexity index is 5270. The summed E-state index contributed by atoms with van der Waals surface area (Å²) < 4.78 is 13.5. The Labute approximate surface area is 448 Å². The van der Waals surface area contributed by atoms with Crippen LogP contribution in [-0.4, -0.2) is 0 Å². The van der Waals surface area contributed by atoms with Crippen molar-refractivity contribution in [2.45, 2.75) is 0 Å². The third-order valence-corrected chi connectivity index (χ3v) is 16.8. The molecule has 2 aromatic heterocycles. The average molecular weight is 989 g/mol. The van der Waals surface area contributed by atoms with E-state index in [9.17, 15) is 0 Å². The molecule has 0 radical (unpaired) electrons. The van der Waals surface area contributed by atoms with Crippen LogP contribution in [0.4, 0.5) is 0 Å². The van der Waals surface area contributed by atoms with Crippen LogP contribution in [0.1, 0.15) is 0 Å². The highest BCUT2D eigenvalue weighted by Crippen LogP contribution is 2.49. The minimum atomic E-state index is 0.880. The fraction of sp³-hybridized carbons (Fsp3) is 0. The highest BCUT2D eigenvalue weighted by Gasteiger charge is 2.22. The zero-order valence-electron chi connectivity index (χ0n) is 42.2. The first-order valence-corrected chi connectivity index (χ1v) is 26.9. The van der Waals surface area contributed by atoms with Gasteiger partial charge in [-0.1, -0.05) is 224 Å². The predicted molar refractivity (Wildman–Crippen MR) is 331 cm³/mol. The Morgan fingerprint density at radius 2 is 0.551 bits per heavy atom. The molecule has 0 bridgehead atoms. The van der Waals surface area contributed by atoms with Gasteiger partial charge in [-0.05, 0) is 163 Å². The van der Waals surface area contributed by atoms with Crippen molar-refractivity contribution < 1.29 is 8.83 Å². The molecule has 0 unspecified atom stereocenters. The molecule has 0 aliphatic rings. The van der Waals surface area contributed by atoms with Crippen molar-refractivity contribution in [1.82, 2.24) is 0 Å². The topological polar surface area (TPSA) is 26.3 Å². The molecular weight excluding hydrogens is 945 g/mol. The summed E-state index contributed by atoms with van der Waals surface area (Å²) in [5.41, 5.74) is 15.7. The maximum Gasteiger partial charge on any atom is 0.143 e. The lowest BCUT2D eigenvalue weighted by Crippen LogP contribution is -1.92. The Balaban J connectivity index is 0.812. The first-order chi connectivity index (χ1) is 38.7. The van der Waals surface area contributed by atoms with Crippen molar-refractivity contribution in [2.24, 2.45) is 0 Å². The van der Waals surface area contributed by atoms with Gasteiger partial charge in [0.05, 0.1) is 0 Å². The molecule has 360 valence electrons. The fourth-order valence-corrected chi connectivity index (χ4v) is 13.4. The van der Waals surface area contributed by atoms with E-state index in [1.165, 1.54) is 109 Å². The van der Waals surface area contributed by atoms with Crippen molar-refractivity contribution in [2.75, 3.05) is 0 Å². The van der Waals surface area contributed by atoms with Crippen LogP contribution in [0.2, 0.25) is 0 Å². The predicted octanol–water partition coefficient (Wildman–Crippen LogP) is 21.9. The largest absolute Gasteiger partial charge is 0.455 e. The summed E-state index contributed by atoms with van der Waals surface area (Å²) in [5.74, 6) is 0. The Morgan fingerprint density at radius 1 is 0.179 bits per heavy atom. The van der Waals surface area contributed by atoms with Crippen molar-refractivity contribution in [3.05, 3.63) is 267 Å². The highest BCUT2D eigenvalue weighted by molar-refractivity contribution is 6.26. The average Bonchev–Trinajstić information content (AvgIpc) is 4.23. The molecule has 0 spiro atoms. The van der Waals surface area contributed by atoms with Crippen LogP contribution in [0.15, 0.2) is 276 Å². The summed E-state index contributed by atoms with van der Waals surface area (Å²) in [5, 5.41) is 21.3. The van der Waals surface area contributed by atoms with Gasteiger partial charge in [-0.25, -0.2) is 0 Å². The first kappa shape index (κ1) is 43.0. The molecule has 0 saturated heterocycles. The molecule has 2 heteroatoms. The van der Waals surface area contributed by atoms with Gasteiger partial charge in [-0.2, -0.15) is 0 Å². The molecule has 0 N–H and O–H groups in total. The third-order valence-electron chi connectivity index (χ3n) is 16.8. The lowest BCUT2D eigenvalue weighted by molar-refractivity contribution is 0.672. The molecule has 0 aliphatic carbocycles. The van der Waals surface area contributed by atoms with Gasteiger partial charge in [0, 0.05) is 32.3 Å². The van der Waals surface area contributed by atoms with Crippen LogP contribution in [0.5, 0.6) is 0 Å². The zero-order valence-corrected chi connectivity index (χ0v) is 42.2. The van der Waals surface area contributed by atoms with Gasteiger partial charge in [0.1, 0.15) is 22.3 Å². The second kappa shape index (κ2) is 16.6. The van der Waals surface area contributed by atoms with Gasteiger partial charge >= 0.3 is 0 Å². The zero-order chi connectivity index (χ0) is 51.0. The molecule has 0 fully saturated rings. The Kier molecular flexibility index (Phi) is 9.16. The normalized spacial score (nSPS) is 12.1. The molecule has 17 rings (SSSR count). The summed E-state index contributed by atoms with van der Waals surface area (Å²) in [6.07, 6.45) is 0. The second-order valence-corrected chi connectivity index (χ2v) is 20.9. The van der Waals surface area contributed by atoms with E-state index in [4.69, 9.17) is 8.83 Å². The minimum absolute atomic E-state index is 0.880. The smallest absolute Gasteiger partial charge is 0.143 e. The van der Waals surface area contributed by atoms with E-state index in [1.54, 1.807) is 0 Å². The molecule has 78 heavy (non-hydrogen) atoms. The van der Waals surface area contributed by atoms with Crippen molar-refractivity contribution >= 4 is 119 Å². The van der Waals surface area contributed by atoms with Gasteiger partial charge < -0.3 is 8.83 Å². The molecule has 17 aromatic rings. The lowest BCUT2D eigenvalue weighted by atomic mass is 9.84. The SMILES string of the molecule is c1ccc(-c2c3ccccc3c(-c3ccc4oc5c6cc(-c7cccc8c(-c9c%10ccccc%10c(-c%10ccc%11oc%12c%13ccccc%13ccc%12c%11c%10)c%10ccccc9%10)cccc78)ccc6ccc5c4c3)c3ccccc23)cc1. The fourth-order valence-electron chi connectivity index (χ4n) is 13.4. The Hall–Kier alpha value is -10.3. The van der Waals surface area contributed by atoms with Gasteiger partial charge in [0.25, 0.3) is 0 Å². The third kappa shape index (κ3) is 6.26. The van der Waals surface area contributed by atoms with Gasteiger partial charge in [-0.3, -0.25) is 0 Å². The number of rotatable bonds is 5. The summed E-state index contributed by atoms with van der Waals surface area (Å²) >= 11 is 0. The second-order valence-electron chi connectivity index (χ2n) is 20.9.